The van der Waals surface area contributed by atoms with E-state index in [0.717, 1.165) is 57.4 Å². The van der Waals surface area contributed by atoms with Crippen molar-refractivity contribution >= 4 is 11.7 Å². The van der Waals surface area contributed by atoms with E-state index in [-0.39, 0.29) is 23.5 Å². The molecule has 2 heterocycles. The normalized spacial score (nSPS) is 25.6. The largest absolute Gasteiger partial charge is 0.393 e. The van der Waals surface area contributed by atoms with E-state index in [1.165, 1.54) is 0 Å². The molecule has 2 aliphatic rings. The Morgan fingerprint density at radius 3 is 2.48 bits per heavy atom. The minimum absolute atomic E-state index is 0.159. The molecule has 1 aliphatic carbocycles. The first-order chi connectivity index (χ1) is 12.0. The molecule has 1 aromatic heterocycles. The van der Waals surface area contributed by atoms with E-state index in [4.69, 9.17) is 0 Å². The van der Waals surface area contributed by atoms with Gasteiger partial charge in [-0.1, -0.05) is 13.8 Å². The lowest BCUT2D eigenvalue weighted by Crippen LogP contribution is -2.50. The SMILES string of the molecule is CC(C)(C(=O)NC1CCN(c2cccnn2)CC1)C1CCC(O)CC1. The van der Waals surface area contributed by atoms with Crippen LogP contribution in [0.3, 0.4) is 0 Å². The highest BCUT2D eigenvalue weighted by atomic mass is 16.3. The molecular weight excluding hydrogens is 316 g/mol. The molecule has 2 fully saturated rings. The van der Waals surface area contributed by atoms with Gasteiger partial charge in [0.25, 0.3) is 0 Å². The molecule has 1 aliphatic heterocycles. The second kappa shape index (κ2) is 7.68. The van der Waals surface area contributed by atoms with Crippen molar-refractivity contribution in [2.75, 3.05) is 18.0 Å². The van der Waals surface area contributed by atoms with Crippen LogP contribution in [-0.4, -0.2) is 46.4 Å². The van der Waals surface area contributed by atoms with E-state index in [1.54, 1.807) is 6.20 Å². The molecule has 138 valence electrons. The summed E-state index contributed by atoms with van der Waals surface area (Å²) in [6, 6.07) is 4.11. The molecule has 0 unspecified atom stereocenters. The smallest absolute Gasteiger partial charge is 0.226 e. The van der Waals surface area contributed by atoms with Crippen LogP contribution in [0.15, 0.2) is 18.3 Å². The number of nitrogens with zero attached hydrogens (tertiary/aromatic N) is 3. The molecule has 0 radical (unpaired) electrons. The number of aliphatic hydroxyl groups is 1. The first-order valence-corrected chi connectivity index (χ1v) is 9.48. The summed E-state index contributed by atoms with van der Waals surface area (Å²) in [5.74, 6) is 1.43. The van der Waals surface area contributed by atoms with Gasteiger partial charge in [0, 0.05) is 30.7 Å². The molecule has 1 amide bonds. The second-order valence-electron chi connectivity index (χ2n) is 8.04. The summed E-state index contributed by atoms with van der Waals surface area (Å²) in [4.78, 5) is 15.1. The van der Waals surface area contributed by atoms with Crippen LogP contribution >= 0.6 is 0 Å². The van der Waals surface area contributed by atoms with Crippen LogP contribution in [0, 0.1) is 11.3 Å². The number of hydrogen-bond donors (Lipinski definition) is 2. The van der Waals surface area contributed by atoms with Gasteiger partial charge in [-0.2, -0.15) is 5.10 Å². The summed E-state index contributed by atoms with van der Waals surface area (Å²) in [5, 5.41) is 21.1. The van der Waals surface area contributed by atoms with E-state index in [1.807, 2.05) is 12.1 Å². The Labute approximate surface area is 150 Å². The maximum atomic E-state index is 12.9. The Morgan fingerprint density at radius 2 is 1.88 bits per heavy atom. The average Bonchev–Trinajstić information content (AvgIpc) is 2.63. The molecule has 2 N–H and O–H groups in total. The molecule has 0 spiro atoms. The number of rotatable bonds is 4. The van der Waals surface area contributed by atoms with Crippen molar-refractivity contribution in [3.8, 4) is 0 Å². The van der Waals surface area contributed by atoms with Crippen molar-refractivity contribution in [2.45, 2.75) is 64.5 Å². The summed E-state index contributed by atoms with van der Waals surface area (Å²) in [5.41, 5.74) is -0.373. The van der Waals surface area contributed by atoms with E-state index < -0.39 is 0 Å². The zero-order valence-corrected chi connectivity index (χ0v) is 15.3. The third kappa shape index (κ3) is 4.29. The number of carbonyl (C=O) groups is 1. The highest BCUT2D eigenvalue weighted by molar-refractivity contribution is 5.82. The third-order valence-electron chi connectivity index (χ3n) is 6.01. The van der Waals surface area contributed by atoms with E-state index in [2.05, 4.69) is 34.3 Å². The van der Waals surface area contributed by atoms with Crippen LogP contribution in [0.4, 0.5) is 5.82 Å². The lowest BCUT2D eigenvalue weighted by atomic mass is 9.70. The van der Waals surface area contributed by atoms with Gasteiger partial charge in [-0.3, -0.25) is 4.79 Å². The van der Waals surface area contributed by atoms with Crippen molar-refractivity contribution < 1.29 is 9.90 Å². The first kappa shape index (κ1) is 18.1. The molecule has 0 atom stereocenters. The predicted molar refractivity (Wildman–Crippen MR) is 97.2 cm³/mol. The van der Waals surface area contributed by atoms with Gasteiger partial charge in [0.15, 0.2) is 5.82 Å². The van der Waals surface area contributed by atoms with E-state index in [9.17, 15) is 9.90 Å². The topological polar surface area (TPSA) is 78.4 Å². The number of nitrogens with one attached hydrogen (secondary N) is 1. The lowest BCUT2D eigenvalue weighted by Gasteiger charge is -2.39. The number of carbonyl (C=O) groups excluding carboxylic acids is 1. The molecular formula is C19H30N4O2. The van der Waals surface area contributed by atoms with Crippen LogP contribution in [0.5, 0.6) is 0 Å². The number of aliphatic hydroxyl groups excluding tert-OH is 1. The van der Waals surface area contributed by atoms with Crippen LogP contribution in [-0.2, 0) is 4.79 Å². The number of amides is 1. The zero-order valence-electron chi connectivity index (χ0n) is 15.3. The number of aromatic nitrogens is 2. The highest BCUT2D eigenvalue weighted by Crippen LogP contribution is 2.38. The standard InChI is InChI=1S/C19H30N4O2/c1-19(2,14-5-7-16(24)8-6-14)18(25)21-15-9-12-23(13-10-15)17-4-3-11-20-22-17/h3-4,11,14-16,24H,5-10,12-13H2,1-2H3,(H,21,25). The Hall–Kier alpha value is -1.69. The van der Waals surface area contributed by atoms with Gasteiger partial charge in [0.2, 0.25) is 5.91 Å². The maximum Gasteiger partial charge on any atom is 0.226 e. The molecule has 0 aromatic carbocycles. The van der Waals surface area contributed by atoms with Gasteiger partial charge < -0.3 is 15.3 Å². The molecule has 0 bridgehead atoms. The third-order valence-corrected chi connectivity index (χ3v) is 6.01. The van der Waals surface area contributed by atoms with Gasteiger partial charge in [-0.25, -0.2) is 0 Å². The predicted octanol–water partition coefficient (Wildman–Crippen LogP) is 2.14. The maximum absolute atomic E-state index is 12.9. The molecule has 25 heavy (non-hydrogen) atoms. The minimum atomic E-state index is -0.373. The molecule has 6 heteroatoms. The number of hydrogen-bond acceptors (Lipinski definition) is 5. The van der Waals surface area contributed by atoms with Crippen LogP contribution in [0.25, 0.3) is 0 Å². The quantitative estimate of drug-likeness (QED) is 0.873. The van der Waals surface area contributed by atoms with Gasteiger partial charge in [0.1, 0.15) is 0 Å². The summed E-state index contributed by atoms with van der Waals surface area (Å²) in [6.45, 7) is 5.89. The molecule has 1 saturated carbocycles. The second-order valence-corrected chi connectivity index (χ2v) is 8.04. The minimum Gasteiger partial charge on any atom is -0.393 e. The monoisotopic (exact) mass is 346 g/mol. The summed E-state index contributed by atoms with van der Waals surface area (Å²) in [7, 11) is 0. The van der Waals surface area contributed by atoms with Crippen LogP contribution in [0.2, 0.25) is 0 Å². The van der Waals surface area contributed by atoms with E-state index >= 15 is 0 Å². The fourth-order valence-electron chi connectivity index (χ4n) is 4.07. The zero-order chi connectivity index (χ0) is 17.9. The molecule has 6 nitrogen and oxygen atoms in total. The highest BCUT2D eigenvalue weighted by Gasteiger charge is 2.39. The van der Waals surface area contributed by atoms with Crippen LogP contribution < -0.4 is 10.2 Å². The Bertz CT molecular complexity index is 562. The van der Waals surface area contributed by atoms with Gasteiger partial charge in [-0.05, 0) is 56.6 Å². The number of anilines is 1. The van der Waals surface area contributed by atoms with Crippen molar-refractivity contribution in [3.63, 3.8) is 0 Å². The Balaban J connectivity index is 1.50. The van der Waals surface area contributed by atoms with Gasteiger partial charge >= 0.3 is 0 Å². The molecule has 3 rings (SSSR count). The Morgan fingerprint density at radius 1 is 1.20 bits per heavy atom. The summed E-state index contributed by atoms with van der Waals surface area (Å²) < 4.78 is 0. The van der Waals surface area contributed by atoms with Crippen molar-refractivity contribution in [1.82, 2.24) is 15.5 Å². The van der Waals surface area contributed by atoms with Crippen molar-refractivity contribution in [1.29, 1.82) is 0 Å². The van der Waals surface area contributed by atoms with Crippen LogP contribution in [0.1, 0.15) is 52.4 Å². The van der Waals surface area contributed by atoms with Gasteiger partial charge in [-0.15, -0.1) is 5.10 Å². The van der Waals surface area contributed by atoms with E-state index in [0.29, 0.717) is 5.92 Å². The summed E-state index contributed by atoms with van der Waals surface area (Å²) in [6.07, 6.45) is 6.88. The average molecular weight is 346 g/mol. The lowest BCUT2D eigenvalue weighted by molar-refractivity contribution is -0.134. The summed E-state index contributed by atoms with van der Waals surface area (Å²) >= 11 is 0. The molecule has 1 saturated heterocycles. The van der Waals surface area contributed by atoms with Gasteiger partial charge in [0.05, 0.1) is 6.10 Å². The fourth-order valence-corrected chi connectivity index (χ4v) is 4.07. The fraction of sp³-hybridized carbons (Fsp3) is 0.737. The first-order valence-electron chi connectivity index (χ1n) is 9.48. The Kier molecular flexibility index (Phi) is 5.57. The van der Waals surface area contributed by atoms with Crippen molar-refractivity contribution in [2.24, 2.45) is 11.3 Å². The molecule has 1 aromatic rings. The number of piperidine rings is 1. The van der Waals surface area contributed by atoms with Crippen molar-refractivity contribution in [3.05, 3.63) is 18.3 Å².